The molecule has 6 nitrogen and oxygen atoms in total. The fourth-order valence-corrected chi connectivity index (χ4v) is 5.49. The normalized spacial score (nSPS) is 10.6. The van der Waals surface area contributed by atoms with Crippen molar-refractivity contribution in [2.75, 3.05) is 0 Å². The van der Waals surface area contributed by atoms with E-state index in [1.54, 1.807) is 52.7 Å². The number of sulfonamides is 1. The minimum absolute atomic E-state index is 0. The standard InChI is InChI=1S/C24H17FN2O4S2.Li/c25-21-10-2-1-7-19(21)17-27(33(30,31)22-11-6-16-32-22)15-12-18-8-5-9-20(24(28)29)23(18)26-13-3-4-14-26;/h1-11,13-14,16H,17H2,(H,28,29);/q;+1/p-1. The van der Waals surface area contributed by atoms with Gasteiger partial charge in [0.2, 0.25) is 0 Å². The largest absolute Gasteiger partial charge is 1.00 e. The Hall–Kier alpha value is -3.27. The second kappa shape index (κ2) is 10.8. The van der Waals surface area contributed by atoms with Crippen LogP contribution in [-0.4, -0.2) is 23.3 Å². The Morgan fingerprint density at radius 2 is 1.76 bits per heavy atom. The molecule has 0 amide bonds. The number of carboxylic acids is 1. The predicted molar refractivity (Wildman–Crippen MR) is 120 cm³/mol. The zero-order valence-corrected chi connectivity index (χ0v) is 19.6. The summed E-state index contributed by atoms with van der Waals surface area (Å²) in [5, 5.41) is 13.3. The predicted octanol–water partition coefficient (Wildman–Crippen LogP) is 0.245. The van der Waals surface area contributed by atoms with E-state index >= 15 is 0 Å². The smallest absolute Gasteiger partial charge is 0.545 e. The molecule has 2 aromatic carbocycles. The van der Waals surface area contributed by atoms with Crippen LogP contribution in [0.1, 0.15) is 21.5 Å². The molecule has 4 aromatic rings. The number of hydrogen-bond donors (Lipinski definition) is 0. The van der Waals surface area contributed by atoms with Crippen LogP contribution in [0, 0.1) is 17.8 Å². The summed E-state index contributed by atoms with van der Waals surface area (Å²) in [4.78, 5) is 11.7. The molecule has 10 heteroatoms. The first-order chi connectivity index (χ1) is 15.9. The minimum Gasteiger partial charge on any atom is -0.545 e. The zero-order chi connectivity index (χ0) is 23.4. The van der Waals surface area contributed by atoms with E-state index in [-0.39, 0.29) is 52.0 Å². The van der Waals surface area contributed by atoms with Crippen molar-refractivity contribution in [1.29, 1.82) is 0 Å². The van der Waals surface area contributed by atoms with E-state index in [1.165, 1.54) is 36.4 Å². The van der Waals surface area contributed by atoms with Crippen molar-refractivity contribution in [1.82, 2.24) is 8.87 Å². The molecule has 0 saturated heterocycles. The Bertz CT molecular complexity index is 1460. The van der Waals surface area contributed by atoms with Gasteiger partial charge < -0.3 is 14.5 Å². The van der Waals surface area contributed by atoms with Crippen LogP contribution < -0.4 is 24.0 Å². The van der Waals surface area contributed by atoms with Gasteiger partial charge in [0.25, 0.3) is 10.0 Å². The molecule has 34 heavy (non-hydrogen) atoms. The molecule has 2 heterocycles. The number of hydrogen-bond acceptors (Lipinski definition) is 5. The third kappa shape index (κ3) is 5.27. The number of aromatic carboxylic acids is 1. The van der Waals surface area contributed by atoms with Gasteiger partial charge in [0.05, 0.1) is 23.8 Å². The number of halogens is 1. The van der Waals surface area contributed by atoms with Crippen LogP contribution in [0.25, 0.3) is 5.69 Å². The number of carbonyl (C=O) groups excluding carboxylic acids is 1. The summed E-state index contributed by atoms with van der Waals surface area (Å²) in [7, 11) is -4.06. The third-order valence-electron chi connectivity index (χ3n) is 4.75. The monoisotopic (exact) mass is 486 g/mol. The number of benzene rings is 2. The first-order valence-corrected chi connectivity index (χ1v) is 12.0. The summed E-state index contributed by atoms with van der Waals surface area (Å²) >= 11 is 1.02. The minimum atomic E-state index is -4.06. The molecule has 166 valence electrons. The van der Waals surface area contributed by atoms with Crippen molar-refractivity contribution in [2.24, 2.45) is 0 Å². The molecule has 0 radical (unpaired) electrons. The maximum absolute atomic E-state index is 14.3. The average Bonchev–Trinajstić information content (AvgIpc) is 3.52. The van der Waals surface area contributed by atoms with Gasteiger partial charge in [-0.1, -0.05) is 36.4 Å². The molecular weight excluding hydrogens is 470 g/mol. The molecule has 0 aliphatic rings. The average molecular weight is 486 g/mol. The summed E-state index contributed by atoms with van der Waals surface area (Å²) in [5.41, 5.74) is 0.572. The van der Waals surface area contributed by atoms with E-state index in [1.807, 2.05) is 0 Å². The zero-order valence-electron chi connectivity index (χ0n) is 18.0. The van der Waals surface area contributed by atoms with Gasteiger partial charge in [-0.05, 0) is 41.6 Å². The topological polar surface area (TPSA) is 82.4 Å². The van der Waals surface area contributed by atoms with Crippen LogP contribution in [-0.2, 0) is 16.6 Å². The number of thiophene rings is 1. The van der Waals surface area contributed by atoms with Gasteiger partial charge in [0, 0.05) is 29.6 Å². The number of carboxylic acid groups (broad SMARTS) is 1. The number of carbonyl (C=O) groups is 1. The Labute approximate surface area is 212 Å². The van der Waals surface area contributed by atoms with E-state index in [0.717, 1.165) is 15.6 Å². The SMILES string of the molecule is O=C([O-])c1cccc(C#CN(Cc2ccccc2F)S(=O)(=O)c2cccs2)c1-n1cccc1.[Li+]. The van der Waals surface area contributed by atoms with Gasteiger partial charge in [-0.2, -0.15) is 8.42 Å². The molecule has 0 saturated carbocycles. The van der Waals surface area contributed by atoms with Crippen molar-refractivity contribution in [3.8, 4) is 17.7 Å². The van der Waals surface area contributed by atoms with Gasteiger partial charge in [0.1, 0.15) is 10.0 Å². The molecule has 0 atom stereocenters. The van der Waals surface area contributed by atoms with E-state index in [2.05, 4.69) is 12.0 Å². The molecule has 0 fully saturated rings. The number of rotatable bonds is 6. The van der Waals surface area contributed by atoms with Crippen LogP contribution in [0.5, 0.6) is 0 Å². The summed E-state index contributed by atoms with van der Waals surface area (Å²) in [6.07, 6.45) is 3.29. The fourth-order valence-electron chi connectivity index (χ4n) is 3.18. The molecule has 0 bridgehead atoms. The fraction of sp³-hybridized carbons (Fsp3) is 0.0417. The Morgan fingerprint density at radius 1 is 1.03 bits per heavy atom. The molecular formula is C24H16FLiN2O4S2. The van der Waals surface area contributed by atoms with Crippen LogP contribution in [0.2, 0.25) is 0 Å². The van der Waals surface area contributed by atoms with Crippen LogP contribution in [0.3, 0.4) is 0 Å². The van der Waals surface area contributed by atoms with E-state index in [9.17, 15) is 22.7 Å². The van der Waals surface area contributed by atoms with Gasteiger partial charge in [-0.25, -0.2) is 8.70 Å². The molecule has 0 aliphatic heterocycles. The van der Waals surface area contributed by atoms with Crippen LogP contribution in [0.4, 0.5) is 4.39 Å². The second-order valence-corrected chi connectivity index (χ2v) is 9.89. The molecule has 0 unspecified atom stereocenters. The van der Waals surface area contributed by atoms with Crippen molar-refractivity contribution in [3.05, 3.63) is 107 Å². The molecule has 4 rings (SSSR count). The van der Waals surface area contributed by atoms with Crippen LogP contribution >= 0.6 is 11.3 Å². The van der Waals surface area contributed by atoms with E-state index in [0.29, 0.717) is 0 Å². The third-order valence-corrected chi connectivity index (χ3v) is 7.77. The molecule has 0 spiro atoms. The van der Waals surface area contributed by atoms with Gasteiger partial charge >= 0.3 is 18.9 Å². The van der Waals surface area contributed by atoms with E-state index < -0.39 is 21.8 Å². The number of nitrogens with zero attached hydrogens (tertiary/aromatic N) is 2. The first kappa shape index (κ1) is 25.4. The van der Waals surface area contributed by atoms with Crippen molar-refractivity contribution >= 4 is 27.3 Å². The van der Waals surface area contributed by atoms with Gasteiger partial charge in [-0.3, -0.25) is 0 Å². The maximum Gasteiger partial charge on any atom is 1.00 e. The summed E-state index contributed by atoms with van der Waals surface area (Å²) in [6, 6.07) is 19.4. The Balaban J connectivity index is 0.00000324. The summed E-state index contributed by atoms with van der Waals surface area (Å²) < 4.78 is 43.2. The number of aromatic nitrogens is 1. The van der Waals surface area contributed by atoms with Gasteiger partial charge in [0.15, 0.2) is 0 Å². The van der Waals surface area contributed by atoms with Crippen molar-refractivity contribution < 1.29 is 41.6 Å². The summed E-state index contributed by atoms with van der Waals surface area (Å²) in [6.45, 7) is -0.320. The maximum atomic E-state index is 14.3. The molecule has 0 N–H and O–H groups in total. The molecule has 2 aromatic heterocycles. The quantitative estimate of drug-likeness (QED) is 0.222. The first-order valence-electron chi connectivity index (χ1n) is 9.67. The number of para-hydroxylation sites is 1. The van der Waals surface area contributed by atoms with Gasteiger partial charge in [-0.15, -0.1) is 11.3 Å². The van der Waals surface area contributed by atoms with E-state index in [4.69, 9.17) is 0 Å². The second-order valence-electron chi connectivity index (χ2n) is 6.85. The van der Waals surface area contributed by atoms with Crippen molar-refractivity contribution in [2.45, 2.75) is 10.8 Å². The van der Waals surface area contributed by atoms with Crippen molar-refractivity contribution in [3.63, 3.8) is 0 Å². The molecule has 0 aliphatic carbocycles. The van der Waals surface area contributed by atoms with Crippen LogP contribution in [0.15, 0.2) is 88.7 Å². The Morgan fingerprint density at radius 3 is 2.41 bits per heavy atom. The summed E-state index contributed by atoms with van der Waals surface area (Å²) in [5.74, 6) is 0.822. The Kier molecular flexibility index (Phi) is 8.03.